The van der Waals surface area contributed by atoms with E-state index in [0.29, 0.717) is 12.2 Å². The number of hydrogen-bond acceptors (Lipinski definition) is 3. The van der Waals surface area contributed by atoms with Crippen LogP contribution in [0, 0.1) is 0 Å². The number of aromatic amines is 1. The van der Waals surface area contributed by atoms with Gasteiger partial charge in [-0.25, -0.2) is 14.6 Å². The first-order valence-corrected chi connectivity index (χ1v) is 5.76. The number of aliphatic carboxylic acids is 1. The molecule has 0 saturated carbocycles. The third-order valence-electron chi connectivity index (χ3n) is 2.48. The van der Waals surface area contributed by atoms with Gasteiger partial charge in [0.25, 0.3) is 0 Å². The van der Waals surface area contributed by atoms with Crippen LogP contribution in [-0.2, 0) is 11.2 Å². The summed E-state index contributed by atoms with van der Waals surface area (Å²) in [5.41, 5.74) is 0.667. The number of urea groups is 1. The maximum absolute atomic E-state index is 11.7. The molecule has 0 spiro atoms. The molecule has 0 aliphatic carbocycles. The smallest absolute Gasteiger partial charge is 0.326 e. The summed E-state index contributed by atoms with van der Waals surface area (Å²) in [5, 5.41) is 11.5. The molecule has 1 rings (SSSR count). The van der Waals surface area contributed by atoms with Crippen molar-refractivity contribution in [1.82, 2.24) is 20.2 Å². The normalized spacial score (nSPS) is 11.9. The van der Waals surface area contributed by atoms with Crippen LogP contribution < -0.4 is 5.32 Å². The van der Waals surface area contributed by atoms with Gasteiger partial charge >= 0.3 is 12.0 Å². The lowest BCUT2D eigenvalue weighted by atomic mass is 10.1. The van der Waals surface area contributed by atoms with Gasteiger partial charge in [-0.05, 0) is 6.42 Å². The summed E-state index contributed by atoms with van der Waals surface area (Å²) in [4.78, 5) is 30.9. The molecule has 2 amide bonds. The van der Waals surface area contributed by atoms with Crippen LogP contribution in [0.15, 0.2) is 12.5 Å². The van der Waals surface area contributed by atoms with Crippen LogP contribution in [0.4, 0.5) is 4.79 Å². The molecule has 3 N–H and O–H groups in total. The van der Waals surface area contributed by atoms with Gasteiger partial charge < -0.3 is 20.3 Å². The van der Waals surface area contributed by atoms with Crippen LogP contribution in [0.2, 0.25) is 0 Å². The van der Waals surface area contributed by atoms with Crippen molar-refractivity contribution in [2.45, 2.75) is 25.8 Å². The number of nitrogens with one attached hydrogen (secondary N) is 2. The number of nitrogens with zero attached hydrogens (tertiary/aromatic N) is 2. The lowest BCUT2D eigenvalue weighted by Gasteiger charge is -2.20. The molecular formula is C11H18N4O3. The van der Waals surface area contributed by atoms with Crippen molar-refractivity contribution in [1.29, 1.82) is 0 Å². The highest BCUT2D eigenvalue weighted by Crippen LogP contribution is 2.00. The summed E-state index contributed by atoms with van der Waals surface area (Å²) in [6.07, 6.45) is 4.01. The number of hydrogen-bond donors (Lipinski definition) is 3. The van der Waals surface area contributed by atoms with Gasteiger partial charge in [-0.1, -0.05) is 6.92 Å². The topological polar surface area (TPSA) is 98.3 Å². The Balaban J connectivity index is 2.58. The summed E-state index contributed by atoms with van der Waals surface area (Å²) in [6, 6.07) is -1.35. The fourth-order valence-electron chi connectivity index (χ4n) is 1.51. The van der Waals surface area contributed by atoms with E-state index >= 15 is 0 Å². The highest BCUT2D eigenvalue weighted by Gasteiger charge is 2.22. The Bertz CT molecular complexity index is 391. The van der Waals surface area contributed by atoms with Gasteiger partial charge in [-0.3, -0.25) is 0 Å². The quantitative estimate of drug-likeness (QED) is 0.686. The molecule has 100 valence electrons. The van der Waals surface area contributed by atoms with E-state index in [4.69, 9.17) is 5.11 Å². The zero-order chi connectivity index (χ0) is 13.5. The van der Waals surface area contributed by atoms with Gasteiger partial charge in [0.15, 0.2) is 0 Å². The molecule has 1 aromatic rings. The van der Waals surface area contributed by atoms with Gasteiger partial charge in [0.05, 0.1) is 6.33 Å². The Morgan fingerprint density at radius 1 is 1.61 bits per heavy atom. The molecule has 0 saturated heterocycles. The Labute approximate surface area is 105 Å². The van der Waals surface area contributed by atoms with Gasteiger partial charge in [-0.2, -0.15) is 0 Å². The molecule has 7 nitrogen and oxygen atoms in total. The summed E-state index contributed by atoms with van der Waals surface area (Å²) in [7, 11) is 1.63. The van der Waals surface area contributed by atoms with Crippen molar-refractivity contribution in [3.05, 3.63) is 18.2 Å². The number of carbonyl (C=O) groups is 2. The lowest BCUT2D eigenvalue weighted by molar-refractivity contribution is -0.139. The highest BCUT2D eigenvalue weighted by molar-refractivity contribution is 5.82. The number of carboxylic acid groups (broad SMARTS) is 1. The predicted octanol–water partition coefficient (Wildman–Crippen LogP) is 0.457. The van der Waals surface area contributed by atoms with Crippen LogP contribution in [0.1, 0.15) is 19.0 Å². The maximum atomic E-state index is 11.7. The minimum Gasteiger partial charge on any atom is -0.480 e. The van der Waals surface area contributed by atoms with E-state index in [1.165, 1.54) is 17.4 Å². The monoisotopic (exact) mass is 254 g/mol. The van der Waals surface area contributed by atoms with Crippen molar-refractivity contribution >= 4 is 12.0 Å². The Morgan fingerprint density at radius 2 is 2.33 bits per heavy atom. The average molecular weight is 254 g/mol. The minimum absolute atomic E-state index is 0.182. The second-order valence-corrected chi connectivity index (χ2v) is 4.04. The van der Waals surface area contributed by atoms with E-state index in [1.807, 2.05) is 6.92 Å². The van der Waals surface area contributed by atoms with Gasteiger partial charge in [0.1, 0.15) is 6.04 Å². The van der Waals surface area contributed by atoms with Crippen molar-refractivity contribution in [3.63, 3.8) is 0 Å². The van der Waals surface area contributed by atoms with Crippen LogP contribution in [-0.4, -0.2) is 51.6 Å². The molecule has 0 radical (unpaired) electrons. The van der Waals surface area contributed by atoms with E-state index < -0.39 is 12.0 Å². The number of aromatic nitrogens is 2. The van der Waals surface area contributed by atoms with Crippen LogP contribution in [0.3, 0.4) is 0 Å². The van der Waals surface area contributed by atoms with Crippen molar-refractivity contribution in [2.75, 3.05) is 13.6 Å². The first-order valence-electron chi connectivity index (χ1n) is 5.76. The van der Waals surface area contributed by atoms with E-state index in [0.717, 1.165) is 6.42 Å². The molecule has 18 heavy (non-hydrogen) atoms. The van der Waals surface area contributed by atoms with Crippen LogP contribution >= 0.6 is 0 Å². The van der Waals surface area contributed by atoms with Crippen molar-refractivity contribution in [2.24, 2.45) is 0 Å². The fourth-order valence-corrected chi connectivity index (χ4v) is 1.51. The Hall–Kier alpha value is -2.05. The van der Waals surface area contributed by atoms with E-state index in [-0.39, 0.29) is 12.5 Å². The predicted molar refractivity (Wildman–Crippen MR) is 65.2 cm³/mol. The Morgan fingerprint density at radius 3 is 2.83 bits per heavy atom. The SMILES string of the molecule is CCCN(C)C(=O)NC(Cc1cnc[nH]1)C(=O)O. The highest BCUT2D eigenvalue weighted by atomic mass is 16.4. The summed E-state index contributed by atoms with van der Waals surface area (Å²) < 4.78 is 0. The third-order valence-corrected chi connectivity index (χ3v) is 2.48. The fraction of sp³-hybridized carbons (Fsp3) is 0.545. The largest absolute Gasteiger partial charge is 0.480 e. The van der Waals surface area contributed by atoms with Crippen molar-refractivity contribution in [3.8, 4) is 0 Å². The molecule has 0 bridgehead atoms. The number of rotatable bonds is 6. The molecule has 1 atom stereocenters. The molecule has 1 aromatic heterocycles. The van der Waals surface area contributed by atoms with Gasteiger partial charge in [-0.15, -0.1) is 0 Å². The zero-order valence-electron chi connectivity index (χ0n) is 10.5. The van der Waals surface area contributed by atoms with Gasteiger partial charge in [0, 0.05) is 31.9 Å². The number of H-pyrrole nitrogens is 1. The van der Waals surface area contributed by atoms with Gasteiger partial charge in [0.2, 0.25) is 0 Å². The number of amides is 2. The van der Waals surface area contributed by atoms with E-state index in [1.54, 1.807) is 7.05 Å². The number of carboxylic acids is 1. The molecule has 7 heteroatoms. The molecule has 0 fully saturated rings. The molecule has 0 aliphatic heterocycles. The van der Waals surface area contributed by atoms with E-state index in [2.05, 4.69) is 15.3 Å². The molecule has 1 heterocycles. The minimum atomic E-state index is -1.07. The molecule has 0 aliphatic rings. The summed E-state index contributed by atoms with van der Waals surface area (Å²) in [6.45, 7) is 2.53. The second kappa shape index (κ2) is 6.63. The lowest BCUT2D eigenvalue weighted by Crippen LogP contribution is -2.47. The first-order chi connectivity index (χ1) is 8.54. The molecular weight excluding hydrogens is 236 g/mol. The standard InChI is InChI=1S/C11H18N4O3/c1-3-4-15(2)11(18)14-9(10(16)17)5-8-6-12-7-13-8/h6-7,9H,3-5H2,1-2H3,(H,12,13)(H,14,18)(H,16,17). The zero-order valence-corrected chi connectivity index (χ0v) is 10.5. The van der Waals surface area contributed by atoms with Crippen molar-refractivity contribution < 1.29 is 14.7 Å². The number of carbonyl (C=O) groups excluding carboxylic acids is 1. The Kier molecular flexibility index (Phi) is 5.16. The van der Waals surface area contributed by atoms with Crippen LogP contribution in [0.25, 0.3) is 0 Å². The summed E-state index contributed by atoms with van der Waals surface area (Å²) in [5.74, 6) is -1.07. The maximum Gasteiger partial charge on any atom is 0.326 e. The number of imidazole rings is 1. The molecule has 0 aromatic carbocycles. The van der Waals surface area contributed by atoms with E-state index in [9.17, 15) is 9.59 Å². The summed E-state index contributed by atoms with van der Waals surface area (Å²) >= 11 is 0. The average Bonchev–Trinajstić information content (AvgIpc) is 2.81. The second-order valence-electron chi connectivity index (χ2n) is 4.04. The third kappa shape index (κ3) is 4.08. The molecule has 1 unspecified atom stereocenters. The van der Waals surface area contributed by atoms with Crippen LogP contribution in [0.5, 0.6) is 0 Å². The first kappa shape index (κ1) is 14.0.